The van der Waals surface area contributed by atoms with E-state index in [0.717, 1.165) is 0 Å². The Morgan fingerprint density at radius 2 is 2.46 bits per heavy atom. The number of nitrogens with two attached hydrogens (primary N) is 1. The smallest absolute Gasteiger partial charge is 0.358 e. The third-order valence-corrected chi connectivity index (χ3v) is 1.42. The van der Waals surface area contributed by atoms with Gasteiger partial charge in [-0.15, -0.1) is 0 Å². The van der Waals surface area contributed by atoms with Crippen LogP contribution in [0, 0.1) is 10.1 Å². The van der Waals surface area contributed by atoms with Crippen LogP contribution in [0.1, 0.15) is 5.56 Å². The second-order valence-corrected chi connectivity index (χ2v) is 2.31. The third kappa shape index (κ3) is 2.34. The molecule has 0 saturated carbocycles. The number of aromatic nitrogens is 1. The van der Waals surface area contributed by atoms with Gasteiger partial charge in [-0.3, -0.25) is 0 Å². The summed E-state index contributed by atoms with van der Waals surface area (Å²) in [4.78, 5) is 13.6. The number of nitro groups is 1. The molecule has 0 aliphatic heterocycles. The molecular formula is C8H9N3O2. The van der Waals surface area contributed by atoms with Gasteiger partial charge in [-0.1, -0.05) is 6.08 Å². The van der Waals surface area contributed by atoms with E-state index in [-0.39, 0.29) is 5.82 Å². The number of pyridine rings is 1. The highest BCUT2D eigenvalue weighted by atomic mass is 16.6. The Bertz CT molecular complexity index is 336. The summed E-state index contributed by atoms with van der Waals surface area (Å²) >= 11 is 0. The molecule has 0 unspecified atom stereocenters. The second kappa shape index (κ2) is 4.32. The van der Waals surface area contributed by atoms with Crippen molar-refractivity contribution in [2.45, 2.75) is 0 Å². The lowest BCUT2D eigenvalue weighted by Gasteiger charge is -1.95. The summed E-state index contributed by atoms with van der Waals surface area (Å²) < 4.78 is 0. The van der Waals surface area contributed by atoms with Crippen LogP contribution in [-0.4, -0.2) is 16.5 Å². The molecule has 0 fully saturated rings. The van der Waals surface area contributed by atoms with E-state index in [1.165, 1.54) is 6.20 Å². The molecule has 0 aromatic carbocycles. The zero-order valence-electron chi connectivity index (χ0n) is 6.88. The number of nitrogens with zero attached hydrogens (tertiary/aromatic N) is 2. The van der Waals surface area contributed by atoms with Crippen LogP contribution in [0.25, 0.3) is 6.08 Å². The predicted octanol–water partition coefficient (Wildman–Crippen LogP) is 0.962. The highest BCUT2D eigenvalue weighted by Crippen LogP contribution is 2.14. The van der Waals surface area contributed by atoms with Crippen molar-refractivity contribution in [1.82, 2.24) is 4.98 Å². The minimum atomic E-state index is -0.518. The Hall–Kier alpha value is -1.75. The van der Waals surface area contributed by atoms with E-state index >= 15 is 0 Å². The molecule has 1 rings (SSSR count). The normalized spacial score (nSPS) is 10.5. The first kappa shape index (κ1) is 9.34. The molecule has 1 aromatic heterocycles. The Morgan fingerprint density at radius 1 is 1.69 bits per heavy atom. The molecule has 0 atom stereocenters. The Labute approximate surface area is 75.0 Å². The minimum Gasteiger partial charge on any atom is -0.358 e. The zero-order chi connectivity index (χ0) is 9.68. The van der Waals surface area contributed by atoms with Crippen LogP contribution in [0.15, 0.2) is 24.4 Å². The maximum atomic E-state index is 10.5. The lowest BCUT2D eigenvalue weighted by molar-refractivity contribution is -0.389. The highest BCUT2D eigenvalue weighted by molar-refractivity contribution is 5.57. The Balaban J connectivity index is 3.05. The van der Waals surface area contributed by atoms with E-state index in [0.29, 0.717) is 12.1 Å². The van der Waals surface area contributed by atoms with Gasteiger partial charge in [-0.2, -0.15) is 0 Å². The van der Waals surface area contributed by atoms with E-state index < -0.39 is 4.92 Å². The zero-order valence-corrected chi connectivity index (χ0v) is 6.88. The topological polar surface area (TPSA) is 82.0 Å². The predicted molar refractivity (Wildman–Crippen MR) is 49.0 cm³/mol. The van der Waals surface area contributed by atoms with Crippen LogP contribution in [0.3, 0.4) is 0 Å². The first-order valence-corrected chi connectivity index (χ1v) is 3.71. The molecule has 1 aromatic rings. The molecule has 5 heteroatoms. The van der Waals surface area contributed by atoms with Crippen LogP contribution in [0.4, 0.5) is 5.82 Å². The number of hydrogen-bond acceptors (Lipinski definition) is 4. The van der Waals surface area contributed by atoms with Gasteiger partial charge in [0.25, 0.3) is 0 Å². The quantitative estimate of drug-likeness (QED) is 0.553. The summed E-state index contributed by atoms with van der Waals surface area (Å²) in [6.07, 6.45) is 4.62. The first-order chi connectivity index (χ1) is 6.25. The van der Waals surface area contributed by atoms with Gasteiger partial charge < -0.3 is 15.8 Å². The lowest BCUT2D eigenvalue weighted by Crippen LogP contribution is -1.96. The maximum absolute atomic E-state index is 10.5. The highest BCUT2D eigenvalue weighted by Gasteiger charge is 2.10. The Morgan fingerprint density at radius 3 is 3.08 bits per heavy atom. The van der Waals surface area contributed by atoms with E-state index in [2.05, 4.69) is 4.98 Å². The van der Waals surface area contributed by atoms with Crippen molar-refractivity contribution >= 4 is 11.9 Å². The molecular weight excluding hydrogens is 170 g/mol. The number of rotatable bonds is 3. The van der Waals surface area contributed by atoms with Gasteiger partial charge in [0.05, 0.1) is 5.56 Å². The average Bonchev–Trinajstić information content (AvgIpc) is 2.15. The fourth-order valence-corrected chi connectivity index (χ4v) is 0.887. The standard InChI is InChI=1S/C8H9N3O2/c9-5-1-3-7-4-2-6-10-8(7)11(12)13/h1-4,6H,5,9H2. The monoisotopic (exact) mass is 179 g/mol. The van der Waals surface area contributed by atoms with E-state index in [9.17, 15) is 10.1 Å². The van der Waals surface area contributed by atoms with Crippen molar-refractivity contribution in [3.05, 3.63) is 40.1 Å². The van der Waals surface area contributed by atoms with Crippen molar-refractivity contribution in [3.63, 3.8) is 0 Å². The summed E-state index contributed by atoms with van der Waals surface area (Å²) in [5.41, 5.74) is 5.70. The summed E-state index contributed by atoms with van der Waals surface area (Å²) in [5, 5.41) is 10.5. The van der Waals surface area contributed by atoms with E-state index in [1.54, 1.807) is 24.3 Å². The summed E-state index contributed by atoms with van der Waals surface area (Å²) in [6.45, 7) is 0.353. The van der Waals surface area contributed by atoms with Gasteiger partial charge in [0.2, 0.25) is 0 Å². The SMILES string of the molecule is NCC=Cc1cccnc1[N+](=O)[O-]. The van der Waals surface area contributed by atoms with Crippen molar-refractivity contribution in [2.24, 2.45) is 5.73 Å². The first-order valence-electron chi connectivity index (χ1n) is 3.71. The molecule has 0 bridgehead atoms. The van der Waals surface area contributed by atoms with Gasteiger partial charge in [-0.25, -0.2) is 0 Å². The molecule has 5 nitrogen and oxygen atoms in total. The van der Waals surface area contributed by atoms with Crippen molar-refractivity contribution in [2.75, 3.05) is 6.54 Å². The third-order valence-electron chi connectivity index (χ3n) is 1.42. The second-order valence-electron chi connectivity index (χ2n) is 2.31. The van der Waals surface area contributed by atoms with Crippen LogP contribution in [-0.2, 0) is 0 Å². The van der Waals surface area contributed by atoms with E-state index in [1.807, 2.05) is 0 Å². The largest absolute Gasteiger partial charge is 0.370 e. The lowest BCUT2D eigenvalue weighted by atomic mass is 10.2. The summed E-state index contributed by atoms with van der Waals surface area (Å²) in [7, 11) is 0. The molecule has 68 valence electrons. The fourth-order valence-electron chi connectivity index (χ4n) is 0.887. The van der Waals surface area contributed by atoms with E-state index in [4.69, 9.17) is 5.73 Å². The van der Waals surface area contributed by atoms with Gasteiger partial charge >= 0.3 is 5.82 Å². The van der Waals surface area contributed by atoms with Crippen molar-refractivity contribution < 1.29 is 4.92 Å². The molecule has 0 radical (unpaired) electrons. The van der Waals surface area contributed by atoms with Gasteiger partial charge in [0.1, 0.15) is 6.20 Å². The van der Waals surface area contributed by atoms with Crippen LogP contribution >= 0.6 is 0 Å². The molecule has 0 aliphatic rings. The molecule has 13 heavy (non-hydrogen) atoms. The molecule has 0 spiro atoms. The molecule has 0 saturated heterocycles. The average molecular weight is 179 g/mol. The molecule has 0 amide bonds. The molecule has 2 N–H and O–H groups in total. The minimum absolute atomic E-state index is 0.146. The van der Waals surface area contributed by atoms with Crippen LogP contribution in [0.5, 0.6) is 0 Å². The van der Waals surface area contributed by atoms with Crippen LogP contribution < -0.4 is 5.73 Å². The van der Waals surface area contributed by atoms with Crippen molar-refractivity contribution in [1.29, 1.82) is 0 Å². The maximum Gasteiger partial charge on any atom is 0.370 e. The summed E-state index contributed by atoms with van der Waals surface area (Å²) in [5.74, 6) is -0.146. The van der Waals surface area contributed by atoms with Gasteiger partial charge in [0.15, 0.2) is 0 Å². The summed E-state index contributed by atoms with van der Waals surface area (Å²) in [6, 6.07) is 3.26. The van der Waals surface area contributed by atoms with Crippen LogP contribution in [0.2, 0.25) is 0 Å². The van der Waals surface area contributed by atoms with Gasteiger partial charge in [0, 0.05) is 6.54 Å². The van der Waals surface area contributed by atoms with Gasteiger partial charge in [-0.05, 0) is 28.1 Å². The molecule has 0 aliphatic carbocycles. The fraction of sp³-hybridized carbons (Fsp3) is 0.125. The number of hydrogen-bond donors (Lipinski definition) is 1. The van der Waals surface area contributed by atoms with Crippen molar-refractivity contribution in [3.8, 4) is 0 Å². The Kier molecular flexibility index (Phi) is 3.10. The molecule has 1 heterocycles.